The van der Waals surface area contributed by atoms with Gasteiger partial charge >= 0.3 is 0 Å². The Morgan fingerprint density at radius 3 is 3.23 bits per heavy atom. The van der Waals surface area contributed by atoms with Gasteiger partial charge in [0.1, 0.15) is 0 Å². The smallest absolute Gasteiger partial charge is 0.0653 e. The Hall–Kier alpha value is -0.0900. The van der Waals surface area contributed by atoms with Crippen molar-refractivity contribution in [2.45, 2.75) is 24.5 Å². The van der Waals surface area contributed by atoms with Crippen molar-refractivity contribution in [2.75, 3.05) is 5.75 Å². The van der Waals surface area contributed by atoms with Crippen LogP contribution < -0.4 is 0 Å². The lowest BCUT2D eigenvalue weighted by atomic mass is 10.1. The van der Waals surface area contributed by atoms with Crippen LogP contribution in [0.15, 0.2) is 16.7 Å². The van der Waals surface area contributed by atoms with Crippen LogP contribution in [0.4, 0.5) is 0 Å². The summed E-state index contributed by atoms with van der Waals surface area (Å²) in [4.78, 5) is 0. The standard InChI is InChI=1S/C9H11BrN2S/c10-7-4-8(12-11-6-7)5-9-2-1-3-13-9/h4,6,9H,1-3,5H2. The molecule has 1 aliphatic rings. The van der Waals surface area contributed by atoms with E-state index in [4.69, 9.17) is 0 Å². The van der Waals surface area contributed by atoms with Gasteiger partial charge in [-0.2, -0.15) is 22.0 Å². The molecule has 0 radical (unpaired) electrons. The van der Waals surface area contributed by atoms with Gasteiger partial charge in [0.2, 0.25) is 0 Å². The molecule has 70 valence electrons. The fourth-order valence-corrected chi connectivity index (χ4v) is 3.17. The van der Waals surface area contributed by atoms with Gasteiger partial charge in [0, 0.05) is 16.1 Å². The average molecular weight is 259 g/mol. The van der Waals surface area contributed by atoms with Crippen LogP contribution in [0.25, 0.3) is 0 Å². The van der Waals surface area contributed by atoms with Crippen LogP contribution in [0.1, 0.15) is 18.5 Å². The summed E-state index contributed by atoms with van der Waals surface area (Å²) >= 11 is 5.46. The van der Waals surface area contributed by atoms with Crippen LogP contribution in [-0.2, 0) is 6.42 Å². The normalized spacial score (nSPS) is 22.1. The number of hydrogen-bond donors (Lipinski definition) is 0. The number of hydrogen-bond acceptors (Lipinski definition) is 3. The lowest BCUT2D eigenvalue weighted by Gasteiger charge is -2.06. The number of nitrogens with zero attached hydrogens (tertiary/aromatic N) is 2. The highest BCUT2D eigenvalue weighted by Gasteiger charge is 2.16. The van der Waals surface area contributed by atoms with E-state index in [0.717, 1.165) is 21.8 Å². The lowest BCUT2D eigenvalue weighted by molar-refractivity contribution is 0.750. The van der Waals surface area contributed by atoms with Gasteiger partial charge in [-0.3, -0.25) is 0 Å². The first kappa shape index (κ1) is 9.46. The van der Waals surface area contributed by atoms with E-state index in [9.17, 15) is 0 Å². The van der Waals surface area contributed by atoms with Gasteiger partial charge in [-0.25, -0.2) is 0 Å². The molecule has 0 amide bonds. The monoisotopic (exact) mass is 258 g/mol. The molecule has 0 aromatic carbocycles. The molecule has 1 aromatic rings. The first-order valence-corrected chi connectivity index (χ1v) is 6.27. The molecule has 1 aromatic heterocycles. The van der Waals surface area contributed by atoms with Gasteiger partial charge in [0.25, 0.3) is 0 Å². The number of halogens is 1. The van der Waals surface area contributed by atoms with Crippen LogP contribution in [0.2, 0.25) is 0 Å². The largest absolute Gasteiger partial charge is 0.158 e. The number of thioether (sulfide) groups is 1. The fourth-order valence-electron chi connectivity index (χ4n) is 1.52. The molecule has 0 bridgehead atoms. The van der Waals surface area contributed by atoms with Crippen molar-refractivity contribution in [2.24, 2.45) is 0 Å². The van der Waals surface area contributed by atoms with Crippen LogP contribution in [0, 0.1) is 0 Å². The number of aromatic nitrogens is 2. The summed E-state index contributed by atoms with van der Waals surface area (Å²) in [6, 6.07) is 2.06. The van der Waals surface area contributed by atoms with E-state index >= 15 is 0 Å². The van der Waals surface area contributed by atoms with Crippen molar-refractivity contribution >= 4 is 27.7 Å². The zero-order valence-corrected chi connectivity index (χ0v) is 9.64. The van der Waals surface area contributed by atoms with Gasteiger partial charge in [-0.05, 0) is 40.6 Å². The molecule has 2 rings (SSSR count). The summed E-state index contributed by atoms with van der Waals surface area (Å²) in [6.45, 7) is 0. The third-order valence-electron chi connectivity index (χ3n) is 2.13. The molecule has 4 heteroatoms. The molecule has 1 saturated heterocycles. The lowest BCUT2D eigenvalue weighted by Crippen LogP contribution is -2.04. The second-order valence-corrected chi connectivity index (χ2v) is 5.53. The van der Waals surface area contributed by atoms with E-state index in [1.165, 1.54) is 18.6 Å². The van der Waals surface area contributed by atoms with E-state index < -0.39 is 0 Å². The minimum Gasteiger partial charge on any atom is -0.158 e. The third kappa shape index (κ3) is 2.68. The van der Waals surface area contributed by atoms with Gasteiger partial charge < -0.3 is 0 Å². The average Bonchev–Trinajstić information content (AvgIpc) is 2.57. The SMILES string of the molecule is Brc1cnnc(CC2CCCS2)c1. The highest BCUT2D eigenvalue weighted by atomic mass is 79.9. The van der Waals surface area contributed by atoms with Crippen molar-refractivity contribution in [3.05, 3.63) is 22.4 Å². The van der Waals surface area contributed by atoms with Gasteiger partial charge in [-0.15, -0.1) is 0 Å². The minimum atomic E-state index is 0.767. The van der Waals surface area contributed by atoms with Crippen LogP contribution in [0.3, 0.4) is 0 Å². The Labute approximate surface area is 90.6 Å². The molecule has 0 N–H and O–H groups in total. The predicted molar refractivity (Wildman–Crippen MR) is 58.9 cm³/mol. The quantitative estimate of drug-likeness (QED) is 0.816. The van der Waals surface area contributed by atoms with E-state index in [2.05, 4.69) is 44.0 Å². The highest BCUT2D eigenvalue weighted by Crippen LogP contribution is 2.28. The first-order valence-electron chi connectivity index (χ1n) is 4.43. The van der Waals surface area contributed by atoms with Crippen molar-refractivity contribution in [1.82, 2.24) is 10.2 Å². The molecule has 2 heterocycles. The molecule has 1 unspecified atom stereocenters. The van der Waals surface area contributed by atoms with Crippen LogP contribution in [0.5, 0.6) is 0 Å². The van der Waals surface area contributed by atoms with Crippen LogP contribution in [-0.4, -0.2) is 21.2 Å². The van der Waals surface area contributed by atoms with Crippen molar-refractivity contribution in [3.63, 3.8) is 0 Å². The maximum Gasteiger partial charge on any atom is 0.0653 e. The van der Waals surface area contributed by atoms with E-state index in [-0.39, 0.29) is 0 Å². The summed E-state index contributed by atoms with van der Waals surface area (Å²) < 4.78 is 1.03. The number of rotatable bonds is 2. The summed E-state index contributed by atoms with van der Waals surface area (Å²) in [6.07, 6.45) is 5.48. The third-order valence-corrected chi connectivity index (χ3v) is 3.96. The topological polar surface area (TPSA) is 25.8 Å². The molecule has 1 aliphatic heterocycles. The highest BCUT2D eigenvalue weighted by molar-refractivity contribution is 9.10. The maximum atomic E-state index is 4.11. The van der Waals surface area contributed by atoms with Crippen LogP contribution >= 0.6 is 27.7 Å². The first-order chi connectivity index (χ1) is 6.34. The molecule has 2 nitrogen and oxygen atoms in total. The Balaban J connectivity index is 2.00. The molecular weight excluding hydrogens is 248 g/mol. The summed E-state index contributed by atoms with van der Waals surface area (Å²) in [5, 5.41) is 8.80. The Morgan fingerprint density at radius 1 is 1.62 bits per heavy atom. The Bertz CT molecular complexity index is 287. The van der Waals surface area contributed by atoms with Gasteiger partial charge in [-0.1, -0.05) is 0 Å². The summed E-state index contributed by atoms with van der Waals surface area (Å²) in [5.41, 5.74) is 1.11. The minimum absolute atomic E-state index is 0.767. The zero-order chi connectivity index (χ0) is 9.10. The second kappa shape index (κ2) is 4.42. The molecule has 1 fully saturated rings. The molecule has 1 atom stereocenters. The molecular formula is C9H11BrN2S. The zero-order valence-electron chi connectivity index (χ0n) is 7.24. The summed E-state index contributed by atoms with van der Waals surface area (Å²) in [7, 11) is 0. The van der Waals surface area contributed by atoms with Gasteiger partial charge in [0.15, 0.2) is 0 Å². The summed E-state index contributed by atoms with van der Waals surface area (Å²) in [5.74, 6) is 1.31. The van der Waals surface area contributed by atoms with E-state index in [1.54, 1.807) is 6.20 Å². The van der Waals surface area contributed by atoms with E-state index in [1.807, 2.05) is 0 Å². The predicted octanol–water partition coefficient (Wildman–Crippen LogP) is 2.68. The molecule has 0 saturated carbocycles. The second-order valence-electron chi connectivity index (χ2n) is 3.20. The van der Waals surface area contributed by atoms with Crippen molar-refractivity contribution in [3.8, 4) is 0 Å². The molecule has 0 spiro atoms. The van der Waals surface area contributed by atoms with E-state index in [0.29, 0.717) is 0 Å². The van der Waals surface area contributed by atoms with Crippen molar-refractivity contribution < 1.29 is 0 Å². The fraction of sp³-hybridized carbons (Fsp3) is 0.556. The molecule has 13 heavy (non-hydrogen) atoms. The maximum absolute atomic E-state index is 4.11. The Kier molecular flexibility index (Phi) is 3.22. The van der Waals surface area contributed by atoms with Gasteiger partial charge in [0.05, 0.1) is 11.9 Å². The Morgan fingerprint density at radius 2 is 2.54 bits per heavy atom. The molecule has 0 aliphatic carbocycles. The van der Waals surface area contributed by atoms with Crippen molar-refractivity contribution in [1.29, 1.82) is 0 Å².